The van der Waals surface area contributed by atoms with Crippen LogP contribution < -0.4 is 0 Å². The molecule has 0 radical (unpaired) electrons. The van der Waals surface area contributed by atoms with Crippen molar-refractivity contribution in [1.29, 1.82) is 0 Å². The van der Waals surface area contributed by atoms with E-state index in [1.807, 2.05) is 13.8 Å². The molecule has 0 aliphatic carbocycles. The van der Waals surface area contributed by atoms with Crippen molar-refractivity contribution in [3.63, 3.8) is 0 Å². The lowest BCUT2D eigenvalue weighted by Gasteiger charge is -2.15. The molecule has 112 valence electrons. The Morgan fingerprint density at radius 2 is 1.76 bits per heavy atom. The third-order valence-corrected chi connectivity index (χ3v) is 3.55. The van der Waals surface area contributed by atoms with Gasteiger partial charge in [0, 0.05) is 12.2 Å². The van der Waals surface area contributed by atoms with Crippen LogP contribution in [0.1, 0.15) is 32.2 Å². The Bertz CT molecular complexity index is 614. The van der Waals surface area contributed by atoms with Gasteiger partial charge in [0.05, 0.1) is 5.56 Å². The predicted octanol–water partition coefficient (Wildman–Crippen LogP) is 5.08. The van der Waals surface area contributed by atoms with Gasteiger partial charge in [-0.25, -0.2) is 14.4 Å². The minimum atomic E-state index is -0.422. The largest absolute Gasteiger partial charge is 0.371 e. The highest BCUT2D eigenvalue weighted by atomic mass is 35.5. The molecule has 0 aliphatic rings. The SMILES string of the molecule is CCOC(CC)c1nc(Cl)c(-c2ccccc2F)c(Cl)n1. The molecule has 1 heterocycles. The van der Waals surface area contributed by atoms with E-state index in [0.29, 0.717) is 24.4 Å². The zero-order valence-corrected chi connectivity index (χ0v) is 13.2. The van der Waals surface area contributed by atoms with E-state index in [9.17, 15) is 4.39 Å². The zero-order chi connectivity index (χ0) is 15.4. The second kappa shape index (κ2) is 7.16. The van der Waals surface area contributed by atoms with Gasteiger partial charge >= 0.3 is 0 Å². The summed E-state index contributed by atoms with van der Waals surface area (Å²) in [6.45, 7) is 4.38. The van der Waals surface area contributed by atoms with Gasteiger partial charge in [0.25, 0.3) is 0 Å². The summed E-state index contributed by atoms with van der Waals surface area (Å²) in [5.41, 5.74) is 0.579. The number of hydrogen-bond acceptors (Lipinski definition) is 3. The topological polar surface area (TPSA) is 35.0 Å². The van der Waals surface area contributed by atoms with E-state index >= 15 is 0 Å². The molecule has 21 heavy (non-hydrogen) atoms. The van der Waals surface area contributed by atoms with E-state index in [-0.39, 0.29) is 22.0 Å². The Labute approximate surface area is 133 Å². The molecule has 2 aromatic rings. The summed E-state index contributed by atoms with van der Waals surface area (Å²) in [6.07, 6.45) is 0.416. The third-order valence-electron chi connectivity index (χ3n) is 3.01. The first-order chi connectivity index (χ1) is 10.1. The van der Waals surface area contributed by atoms with Crippen molar-refractivity contribution in [3.05, 3.63) is 46.2 Å². The number of hydrogen-bond donors (Lipinski definition) is 0. The first-order valence-corrected chi connectivity index (χ1v) is 7.43. The summed E-state index contributed by atoms with van der Waals surface area (Å²) in [7, 11) is 0. The average Bonchev–Trinajstić information content (AvgIpc) is 2.46. The maximum Gasteiger partial charge on any atom is 0.160 e. The molecule has 0 amide bonds. The number of aromatic nitrogens is 2. The number of rotatable bonds is 5. The highest BCUT2D eigenvalue weighted by Gasteiger charge is 2.20. The van der Waals surface area contributed by atoms with Crippen LogP contribution in [0.5, 0.6) is 0 Å². The van der Waals surface area contributed by atoms with Gasteiger partial charge in [0.1, 0.15) is 22.2 Å². The Hall–Kier alpha value is -1.23. The molecule has 0 N–H and O–H groups in total. The molecule has 0 bridgehead atoms. The first kappa shape index (κ1) is 16.1. The van der Waals surface area contributed by atoms with Gasteiger partial charge in [0.2, 0.25) is 0 Å². The van der Waals surface area contributed by atoms with Crippen molar-refractivity contribution >= 4 is 23.2 Å². The molecule has 0 spiro atoms. The zero-order valence-electron chi connectivity index (χ0n) is 11.7. The summed E-state index contributed by atoms with van der Waals surface area (Å²) < 4.78 is 19.4. The van der Waals surface area contributed by atoms with Crippen molar-refractivity contribution in [2.75, 3.05) is 6.61 Å². The van der Waals surface area contributed by atoms with E-state index in [0.717, 1.165) is 0 Å². The smallest absolute Gasteiger partial charge is 0.160 e. The van der Waals surface area contributed by atoms with Gasteiger partial charge in [-0.1, -0.05) is 48.3 Å². The number of benzene rings is 1. The van der Waals surface area contributed by atoms with Crippen LogP contribution in [0.15, 0.2) is 24.3 Å². The van der Waals surface area contributed by atoms with Crippen LogP contribution >= 0.6 is 23.2 Å². The van der Waals surface area contributed by atoms with Crippen molar-refractivity contribution in [2.24, 2.45) is 0 Å². The molecule has 3 nitrogen and oxygen atoms in total. The van der Waals surface area contributed by atoms with Crippen LogP contribution in [0.2, 0.25) is 10.3 Å². The molecule has 0 aliphatic heterocycles. The molecular formula is C15H15Cl2FN2O. The molecule has 0 saturated carbocycles. The fourth-order valence-corrected chi connectivity index (χ4v) is 2.63. The summed E-state index contributed by atoms with van der Waals surface area (Å²) in [5.74, 6) is -0.0102. The van der Waals surface area contributed by atoms with Gasteiger partial charge in [0.15, 0.2) is 5.82 Å². The van der Waals surface area contributed by atoms with E-state index in [2.05, 4.69) is 9.97 Å². The molecule has 1 aromatic carbocycles. The number of ether oxygens (including phenoxy) is 1. The molecule has 1 unspecified atom stereocenters. The lowest BCUT2D eigenvalue weighted by molar-refractivity contribution is 0.0535. The molecule has 6 heteroatoms. The minimum absolute atomic E-state index is 0.119. The highest BCUT2D eigenvalue weighted by Crippen LogP contribution is 2.35. The van der Waals surface area contributed by atoms with Crippen LogP contribution in [-0.2, 0) is 4.74 Å². The van der Waals surface area contributed by atoms with E-state index in [1.165, 1.54) is 6.07 Å². The van der Waals surface area contributed by atoms with Crippen LogP contribution in [-0.4, -0.2) is 16.6 Å². The normalized spacial score (nSPS) is 12.4. The second-order valence-electron chi connectivity index (χ2n) is 4.37. The first-order valence-electron chi connectivity index (χ1n) is 6.67. The number of nitrogens with zero attached hydrogens (tertiary/aromatic N) is 2. The maximum absolute atomic E-state index is 13.9. The Balaban J connectivity index is 2.50. The summed E-state index contributed by atoms with van der Waals surface area (Å²) in [6, 6.07) is 6.22. The van der Waals surface area contributed by atoms with Crippen molar-refractivity contribution < 1.29 is 9.13 Å². The standard InChI is InChI=1S/C15H15Cl2FN2O/c1-3-11(21-4-2)15-19-13(16)12(14(17)20-15)9-7-5-6-8-10(9)18/h5-8,11H,3-4H2,1-2H3. The molecule has 1 aromatic heterocycles. The van der Waals surface area contributed by atoms with E-state index in [1.54, 1.807) is 18.2 Å². The average molecular weight is 329 g/mol. The van der Waals surface area contributed by atoms with Crippen LogP contribution in [0.4, 0.5) is 4.39 Å². The number of halogens is 3. The van der Waals surface area contributed by atoms with Crippen molar-refractivity contribution in [2.45, 2.75) is 26.4 Å². The van der Waals surface area contributed by atoms with Gasteiger partial charge in [-0.3, -0.25) is 0 Å². The summed E-state index contributed by atoms with van der Waals surface area (Å²) in [5, 5.41) is 0.238. The van der Waals surface area contributed by atoms with E-state index < -0.39 is 5.82 Å². The fraction of sp³-hybridized carbons (Fsp3) is 0.333. The van der Waals surface area contributed by atoms with E-state index in [4.69, 9.17) is 27.9 Å². The Kier molecular flexibility index (Phi) is 5.51. The quantitative estimate of drug-likeness (QED) is 0.718. The van der Waals surface area contributed by atoms with Gasteiger partial charge in [-0.15, -0.1) is 0 Å². The molecule has 0 saturated heterocycles. The fourth-order valence-electron chi connectivity index (χ4n) is 2.03. The third kappa shape index (κ3) is 3.51. The van der Waals surface area contributed by atoms with Gasteiger partial charge in [-0.2, -0.15) is 0 Å². The van der Waals surface area contributed by atoms with Crippen molar-refractivity contribution in [3.8, 4) is 11.1 Å². The van der Waals surface area contributed by atoms with Crippen LogP contribution in [0, 0.1) is 5.82 Å². The highest BCUT2D eigenvalue weighted by molar-refractivity contribution is 6.37. The summed E-state index contributed by atoms with van der Waals surface area (Å²) >= 11 is 12.4. The monoisotopic (exact) mass is 328 g/mol. The minimum Gasteiger partial charge on any atom is -0.371 e. The van der Waals surface area contributed by atoms with Gasteiger partial charge in [-0.05, 0) is 19.4 Å². The van der Waals surface area contributed by atoms with Gasteiger partial charge < -0.3 is 4.74 Å². The van der Waals surface area contributed by atoms with Crippen LogP contribution in [0.3, 0.4) is 0 Å². The lowest BCUT2D eigenvalue weighted by Crippen LogP contribution is -2.09. The summed E-state index contributed by atoms with van der Waals surface area (Å²) in [4.78, 5) is 8.44. The molecular weight excluding hydrogens is 314 g/mol. The van der Waals surface area contributed by atoms with Crippen molar-refractivity contribution in [1.82, 2.24) is 9.97 Å². The lowest BCUT2D eigenvalue weighted by atomic mass is 10.1. The molecule has 2 rings (SSSR count). The second-order valence-corrected chi connectivity index (χ2v) is 5.09. The maximum atomic E-state index is 13.9. The predicted molar refractivity (Wildman–Crippen MR) is 82.1 cm³/mol. The Morgan fingerprint density at radius 1 is 1.14 bits per heavy atom. The van der Waals surface area contributed by atoms with Crippen LogP contribution in [0.25, 0.3) is 11.1 Å². The molecule has 1 atom stereocenters. The Morgan fingerprint density at radius 3 is 2.29 bits per heavy atom. The molecule has 0 fully saturated rings.